The number of hydrogen-bond acceptors (Lipinski definition) is 4. The maximum atomic E-state index is 15.0. The molecule has 2 saturated carbocycles. The quantitative estimate of drug-likeness (QED) is 0.213. The zero-order valence-electron chi connectivity index (χ0n) is 26.5. The lowest BCUT2D eigenvalue weighted by Gasteiger charge is -2.65. The summed E-state index contributed by atoms with van der Waals surface area (Å²) in [7, 11) is 0. The summed E-state index contributed by atoms with van der Waals surface area (Å²) in [6.45, 7) is 21.8. The highest BCUT2D eigenvalue weighted by Crippen LogP contribution is 2.68. The van der Waals surface area contributed by atoms with Crippen molar-refractivity contribution in [3.05, 3.63) is 46.6 Å². The van der Waals surface area contributed by atoms with Crippen molar-refractivity contribution in [3.8, 4) is 0 Å². The number of ketones is 3. The average Bonchev–Trinajstić information content (AvgIpc) is 2.81. The van der Waals surface area contributed by atoms with Crippen LogP contribution in [0.15, 0.2) is 46.6 Å². The number of aliphatic hydroxyl groups is 1. The molecule has 0 spiro atoms. The van der Waals surface area contributed by atoms with Crippen LogP contribution in [0.5, 0.6) is 0 Å². The highest BCUT2D eigenvalue weighted by Gasteiger charge is 2.77. The predicted molar refractivity (Wildman–Crippen MR) is 161 cm³/mol. The minimum absolute atomic E-state index is 0.105. The van der Waals surface area contributed by atoms with Crippen molar-refractivity contribution in [3.63, 3.8) is 0 Å². The lowest BCUT2D eigenvalue weighted by atomic mass is 9.35. The third kappa shape index (κ3) is 6.01. The van der Waals surface area contributed by atoms with Crippen LogP contribution in [0.4, 0.5) is 0 Å². The van der Waals surface area contributed by atoms with E-state index in [1.807, 2.05) is 53.7 Å². The molecule has 4 unspecified atom stereocenters. The van der Waals surface area contributed by atoms with E-state index in [0.717, 1.165) is 11.1 Å². The number of fused-ring (bicyclic) bond motifs is 2. The molecule has 4 heteroatoms. The molecule has 39 heavy (non-hydrogen) atoms. The summed E-state index contributed by atoms with van der Waals surface area (Å²) in [5.41, 5.74) is 0.684. The normalized spacial score (nSPS) is 32.0. The number of aliphatic hydroxyl groups excluding tert-OH is 1. The van der Waals surface area contributed by atoms with Gasteiger partial charge in [-0.25, -0.2) is 0 Å². The molecule has 218 valence electrons. The van der Waals surface area contributed by atoms with Crippen LogP contribution in [0.2, 0.25) is 0 Å². The van der Waals surface area contributed by atoms with Gasteiger partial charge in [0.2, 0.25) is 0 Å². The first-order valence-corrected chi connectivity index (χ1v) is 14.8. The minimum Gasteiger partial charge on any atom is -0.391 e. The standard InChI is InChI=1S/C35H54O4/c1-22(2)13-12-19-33(11)27(16-14-23(3)4)21-34(20-18-25(7)8)30(37)28(17-15-24(5)6)31(38)35(33,32(34)39)29(36)26(9)10/h13-15,18,26-28,31,38H,12,16-17,19-21H2,1-11H3/t27-,28?,31?,33+,34?,35?/m0/s1. The Labute approximate surface area is 238 Å². The number of hydrogen-bond donors (Lipinski definition) is 1. The first-order valence-electron chi connectivity index (χ1n) is 14.8. The smallest absolute Gasteiger partial charge is 0.163 e. The highest BCUT2D eigenvalue weighted by molar-refractivity contribution is 6.22. The Hall–Kier alpha value is -2.07. The number of carbonyl (C=O) groups is 3. The third-order valence-corrected chi connectivity index (χ3v) is 9.40. The van der Waals surface area contributed by atoms with Crippen molar-refractivity contribution in [1.82, 2.24) is 0 Å². The Balaban J connectivity index is 3.02. The Bertz CT molecular complexity index is 1070. The van der Waals surface area contributed by atoms with Crippen LogP contribution >= 0.6 is 0 Å². The molecule has 0 amide bonds. The van der Waals surface area contributed by atoms with Gasteiger partial charge in [0, 0.05) is 11.8 Å². The van der Waals surface area contributed by atoms with E-state index in [4.69, 9.17) is 0 Å². The van der Waals surface area contributed by atoms with Crippen molar-refractivity contribution in [2.75, 3.05) is 0 Å². The average molecular weight is 539 g/mol. The van der Waals surface area contributed by atoms with Crippen molar-refractivity contribution < 1.29 is 19.5 Å². The largest absolute Gasteiger partial charge is 0.391 e. The zero-order valence-corrected chi connectivity index (χ0v) is 26.5. The first-order chi connectivity index (χ1) is 18.0. The van der Waals surface area contributed by atoms with Crippen LogP contribution in [-0.4, -0.2) is 28.6 Å². The van der Waals surface area contributed by atoms with Gasteiger partial charge < -0.3 is 5.11 Å². The molecule has 6 atom stereocenters. The SMILES string of the molecule is CC(C)=CCC[C@]1(C)[C@@H](CC=C(C)C)CC2(CC=C(C)C)C(=O)C(CC=C(C)C)C(O)C1(C(=O)C(C)C)C2=O. The molecule has 0 heterocycles. The lowest BCUT2D eigenvalue weighted by molar-refractivity contribution is -0.209. The van der Waals surface area contributed by atoms with E-state index >= 15 is 4.79 Å². The molecule has 2 fully saturated rings. The van der Waals surface area contributed by atoms with E-state index in [1.165, 1.54) is 11.1 Å². The maximum Gasteiger partial charge on any atom is 0.163 e. The summed E-state index contributed by atoms with van der Waals surface area (Å²) < 4.78 is 0. The van der Waals surface area contributed by atoms with Gasteiger partial charge in [-0.3, -0.25) is 14.4 Å². The Kier molecular flexibility index (Phi) is 10.7. The summed E-state index contributed by atoms with van der Waals surface area (Å²) in [5, 5.41) is 12.3. The number of carbonyl (C=O) groups excluding carboxylic acids is 3. The zero-order chi connectivity index (χ0) is 29.9. The fraction of sp³-hybridized carbons (Fsp3) is 0.686. The molecular weight excluding hydrogens is 484 g/mol. The van der Waals surface area contributed by atoms with E-state index < -0.39 is 34.2 Å². The molecule has 0 aliphatic heterocycles. The van der Waals surface area contributed by atoms with Crippen LogP contribution in [0.3, 0.4) is 0 Å². The summed E-state index contributed by atoms with van der Waals surface area (Å²) in [6.07, 6.45) is 9.96. The van der Waals surface area contributed by atoms with Gasteiger partial charge in [-0.05, 0) is 105 Å². The monoisotopic (exact) mass is 538 g/mol. The van der Waals surface area contributed by atoms with Gasteiger partial charge in [0.05, 0.1) is 11.5 Å². The van der Waals surface area contributed by atoms with Crippen LogP contribution in [-0.2, 0) is 14.4 Å². The first kappa shape index (κ1) is 33.1. The number of allylic oxidation sites excluding steroid dienone is 8. The van der Waals surface area contributed by atoms with Gasteiger partial charge >= 0.3 is 0 Å². The van der Waals surface area contributed by atoms with E-state index in [9.17, 15) is 14.7 Å². The fourth-order valence-electron chi connectivity index (χ4n) is 7.21. The van der Waals surface area contributed by atoms with Gasteiger partial charge in [-0.15, -0.1) is 0 Å². The summed E-state index contributed by atoms with van der Waals surface area (Å²) in [6, 6.07) is 0. The van der Waals surface area contributed by atoms with E-state index in [1.54, 1.807) is 0 Å². The Morgan fingerprint density at radius 2 is 1.38 bits per heavy atom. The molecule has 0 radical (unpaired) electrons. The molecule has 0 saturated heterocycles. The molecule has 2 aliphatic carbocycles. The van der Waals surface area contributed by atoms with Gasteiger partial charge in [-0.2, -0.15) is 0 Å². The Morgan fingerprint density at radius 1 is 0.872 bits per heavy atom. The van der Waals surface area contributed by atoms with Crippen molar-refractivity contribution in [2.24, 2.45) is 34.0 Å². The predicted octanol–water partition coefficient (Wildman–Crippen LogP) is 8.15. The van der Waals surface area contributed by atoms with Crippen molar-refractivity contribution in [1.29, 1.82) is 0 Å². The molecule has 2 aliphatic rings. The highest BCUT2D eigenvalue weighted by atomic mass is 16.3. The topological polar surface area (TPSA) is 71.4 Å². The molecule has 4 nitrogen and oxygen atoms in total. The third-order valence-electron chi connectivity index (χ3n) is 9.40. The van der Waals surface area contributed by atoms with Gasteiger partial charge in [0.15, 0.2) is 17.3 Å². The van der Waals surface area contributed by atoms with Crippen LogP contribution < -0.4 is 0 Å². The summed E-state index contributed by atoms with van der Waals surface area (Å²) in [5.74, 6) is -2.07. The fourth-order valence-corrected chi connectivity index (χ4v) is 7.21. The molecule has 1 N–H and O–H groups in total. The lowest BCUT2D eigenvalue weighted by Crippen LogP contribution is -2.76. The number of rotatable bonds is 11. The summed E-state index contributed by atoms with van der Waals surface area (Å²) >= 11 is 0. The molecule has 2 rings (SSSR count). The van der Waals surface area contributed by atoms with Gasteiger partial charge in [-0.1, -0.05) is 67.4 Å². The second-order valence-corrected chi connectivity index (χ2v) is 13.8. The molecule has 0 aromatic heterocycles. The molecule has 0 aromatic carbocycles. The van der Waals surface area contributed by atoms with E-state index in [-0.39, 0.29) is 29.7 Å². The summed E-state index contributed by atoms with van der Waals surface area (Å²) in [4.78, 5) is 44.1. The van der Waals surface area contributed by atoms with Gasteiger partial charge in [0.25, 0.3) is 0 Å². The second kappa shape index (κ2) is 12.6. The molecular formula is C35H54O4. The van der Waals surface area contributed by atoms with E-state index in [2.05, 4.69) is 46.8 Å². The molecule has 0 aromatic rings. The van der Waals surface area contributed by atoms with Crippen LogP contribution in [0, 0.1) is 34.0 Å². The van der Waals surface area contributed by atoms with Crippen LogP contribution in [0.1, 0.15) is 115 Å². The second-order valence-electron chi connectivity index (χ2n) is 13.8. The van der Waals surface area contributed by atoms with Gasteiger partial charge in [0.1, 0.15) is 5.41 Å². The maximum absolute atomic E-state index is 15.0. The molecule has 2 bridgehead atoms. The Morgan fingerprint density at radius 3 is 1.87 bits per heavy atom. The minimum atomic E-state index is -1.64. The van der Waals surface area contributed by atoms with Crippen molar-refractivity contribution in [2.45, 2.75) is 121 Å². The number of Topliss-reactive ketones (excluding diaryl/α,β-unsaturated/α-hetero) is 3. The van der Waals surface area contributed by atoms with Crippen LogP contribution in [0.25, 0.3) is 0 Å². The van der Waals surface area contributed by atoms with E-state index in [0.29, 0.717) is 32.1 Å². The van der Waals surface area contributed by atoms with Crippen molar-refractivity contribution >= 4 is 17.3 Å².